The summed E-state index contributed by atoms with van der Waals surface area (Å²) in [5, 5.41) is 14.3. The van der Waals surface area contributed by atoms with E-state index in [4.69, 9.17) is 11.6 Å². The smallest absolute Gasteiger partial charge is 0.269 e. The van der Waals surface area contributed by atoms with Gasteiger partial charge in [0, 0.05) is 23.2 Å². The number of hydrogen-bond donors (Lipinski definition) is 1. The molecule has 1 aromatic rings. The minimum absolute atomic E-state index is 0.0955. The van der Waals surface area contributed by atoms with Crippen LogP contribution in [0.2, 0.25) is 5.02 Å². The summed E-state index contributed by atoms with van der Waals surface area (Å²) in [5.74, 6) is 0. The van der Waals surface area contributed by atoms with Gasteiger partial charge in [-0.25, -0.2) is 0 Å². The highest BCUT2D eigenvalue weighted by Crippen LogP contribution is 2.31. The van der Waals surface area contributed by atoms with E-state index in [1.807, 2.05) is 0 Å². The lowest BCUT2D eigenvalue weighted by Crippen LogP contribution is -2.35. The van der Waals surface area contributed by atoms with Gasteiger partial charge in [0.1, 0.15) is 0 Å². The van der Waals surface area contributed by atoms with Crippen molar-refractivity contribution in [3.8, 4) is 0 Å². The predicted octanol–water partition coefficient (Wildman–Crippen LogP) is 2.28. The summed E-state index contributed by atoms with van der Waals surface area (Å²) in [5.41, 5.74) is 0.921. The van der Waals surface area contributed by atoms with Crippen molar-refractivity contribution in [1.82, 2.24) is 5.32 Å². The van der Waals surface area contributed by atoms with Crippen LogP contribution in [0.4, 0.5) is 5.69 Å². The van der Waals surface area contributed by atoms with E-state index >= 15 is 0 Å². The van der Waals surface area contributed by atoms with Crippen LogP contribution in [0.15, 0.2) is 18.2 Å². The fourth-order valence-electron chi connectivity index (χ4n) is 1.47. The van der Waals surface area contributed by atoms with Gasteiger partial charge in [-0.15, -0.1) is 0 Å². The highest BCUT2D eigenvalue weighted by atomic mass is 35.5. The van der Waals surface area contributed by atoms with Crippen molar-refractivity contribution in [2.45, 2.75) is 12.5 Å². The second-order valence-corrected chi connectivity index (χ2v) is 3.67. The number of nitro benzene ring substituents is 1. The molecule has 14 heavy (non-hydrogen) atoms. The summed E-state index contributed by atoms with van der Waals surface area (Å²) in [6, 6.07) is 4.72. The molecular weight excluding hydrogens is 204 g/mol. The van der Waals surface area contributed by atoms with Crippen LogP contribution in [0.1, 0.15) is 18.0 Å². The van der Waals surface area contributed by atoms with Crippen molar-refractivity contribution in [1.29, 1.82) is 0 Å². The molecule has 1 atom stereocenters. The van der Waals surface area contributed by atoms with Gasteiger partial charge in [0.25, 0.3) is 5.69 Å². The second kappa shape index (κ2) is 3.55. The third-order valence-corrected chi connectivity index (χ3v) is 2.73. The van der Waals surface area contributed by atoms with Gasteiger partial charge in [-0.3, -0.25) is 10.1 Å². The first-order valence-corrected chi connectivity index (χ1v) is 4.73. The predicted molar refractivity (Wildman–Crippen MR) is 53.5 cm³/mol. The Kier molecular flexibility index (Phi) is 2.39. The summed E-state index contributed by atoms with van der Waals surface area (Å²) in [4.78, 5) is 10.1. The molecule has 1 saturated heterocycles. The molecule has 1 aromatic carbocycles. The minimum Gasteiger partial charge on any atom is -0.310 e. The van der Waals surface area contributed by atoms with Gasteiger partial charge < -0.3 is 5.32 Å². The summed E-state index contributed by atoms with van der Waals surface area (Å²) in [6.45, 7) is 0.948. The molecule has 2 rings (SSSR count). The van der Waals surface area contributed by atoms with Crippen LogP contribution < -0.4 is 5.32 Å². The molecule has 1 fully saturated rings. The minimum atomic E-state index is -0.404. The molecule has 1 aliphatic rings. The van der Waals surface area contributed by atoms with E-state index in [1.54, 1.807) is 12.1 Å². The molecule has 5 heteroatoms. The Bertz CT molecular complexity index is 377. The summed E-state index contributed by atoms with van der Waals surface area (Å²) >= 11 is 5.95. The van der Waals surface area contributed by atoms with Gasteiger partial charge in [-0.1, -0.05) is 11.6 Å². The van der Waals surface area contributed by atoms with Crippen LogP contribution in [-0.2, 0) is 0 Å². The summed E-state index contributed by atoms with van der Waals surface area (Å²) in [6.07, 6.45) is 0.987. The number of nitro groups is 1. The SMILES string of the molecule is O=[N+]([O-])c1ccc(Cl)c([C@@H]2CCN2)c1. The molecule has 1 heterocycles. The van der Waals surface area contributed by atoms with E-state index in [0.29, 0.717) is 5.02 Å². The van der Waals surface area contributed by atoms with Crippen molar-refractivity contribution in [2.75, 3.05) is 6.54 Å². The lowest BCUT2D eigenvalue weighted by Gasteiger charge is -2.28. The number of nitrogens with zero attached hydrogens (tertiary/aromatic N) is 1. The first-order valence-electron chi connectivity index (χ1n) is 4.35. The molecule has 0 radical (unpaired) electrons. The molecule has 0 amide bonds. The number of nitrogens with one attached hydrogen (secondary N) is 1. The van der Waals surface area contributed by atoms with Crippen LogP contribution in [0.5, 0.6) is 0 Å². The average Bonchev–Trinajstić information content (AvgIpc) is 2.05. The highest BCUT2D eigenvalue weighted by Gasteiger charge is 2.22. The molecule has 74 valence electrons. The standard InChI is InChI=1S/C9H9ClN2O2/c10-8-2-1-6(12(13)14)5-7(8)9-3-4-11-9/h1-2,5,9,11H,3-4H2/t9-/m0/s1. The van der Waals surface area contributed by atoms with Crippen LogP contribution in [0.3, 0.4) is 0 Å². The second-order valence-electron chi connectivity index (χ2n) is 3.26. The molecule has 0 unspecified atom stereocenters. The molecule has 0 spiro atoms. The quantitative estimate of drug-likeness (QED) is 0.605. The maximum atomic E-state index is 10.5. The highest BCUT2D eigenvalue weighted by molar-refractivity contribution is 6.31. The Morgan fingerprint density at radius 1 is 1.57 bits per heavy atom. The van der Waals surface area contributed by atoms with E-state index in [-0.39, 0.29) is 11.7 Å². The number of non-ortho nitro benzene ring substituents is 1. The maximum absolute atomic E-state index is 10.5. The van der Waals surface area contributed by atoms with E-state index < -0.39 is 4.92 Å². The molecule has 0 aliphatic carbocycles. The first-order chi connectivity index (χ1) is 6.68. The van der Waals surface area contributed by atoms with Gasteiger partial charge in [0.2, 0.25) is 0 Å². The molecule has 1 N–H and O–H groups in total. The van der Waals surface area contributed by atoms with Gasteiger partial charge in [0.05, 0.1) is 4.92 Å². The zero-order valence-corrected chi connectivity index (χ0v) is 8.12. The van der Waals surface area contributed by atoms with E-state index in [9.17, 15) is 10.1 Å². The molecule has 0 bridgehead atoms. The zero-order chi connectivity index (χ0) is 10.1. The van der Waals surface area contributed by atoms with Crippen LogP contribution >= 0.6 is 11.6 Å². The molecular formula is C9H9ClN2O2. The number of rotatable bonds is 2. The van der Waals surface area contributed by atoms with Crippen molar-refractivity contribution in [3.05, 3.63) is 38.9 Å². The third-order valence-electron chi connectivity index (χ3n) is 2.39. The Balaban J connectivity index is 2.36. The topological polar surface area (TPSA) is 55.2 Å². The number of halogens is 1. The molecule has 0 aromatic heterocycles. The number of hydrogen-bond acceptors (Lipinski definition) is 3. The van der Waals surface area contributed by atoms with Crippen molar-refractivity contribution >= 4 is 17.3 Å². The summed E-state index contributed by atoms with van der Waals surface area (Å²) < 4.78 is 0. The first kappa shape index (κ1) is 9.43. The lowest BCUT2D eigenvalue weighted by molar-refractivity contribution is -0.384. The lowest BCUT2D eigenvalue weighted by atomic mass is 9.97. The van der Waals surface area contributed by atoms with Gasteiger partial charge in [0.15, 0.2) is 0 Å². The van der Waals surface area contributed by atoms with Crippen LogP contribution in [0.25, 0.3) is 0 Å². The average molecular weight is 213 g/mol. The van der Waals surface area contributed by atoms with Crippen molar-refractivity contribution in [3.63, 3.8) is 0 Å². The van der Waals surface area contributed by atoms with E-state index in [2.05, 4.69) is 5.32 Å². The van der Waals surface area contributed by atoms with E-state index in [1.165, 1.54) is 6.07 Å². The molecule has 0 saturated carbocycles. The Morgan fingerprint density at radius 2 is 2.29 bits per heavy atom. The fraction of sp³-hybridized carbons (Fsp3) is 0.333. The van der Waals surface area contributed by atoms with Crippen LogP contribution in [-0.4, -0.2) is 11.5 Å². The van der Waals surface area contributed by atoms with Gasteiger partial charge in [-0.05, 0) is 24.6 Å². The van der Waals surface area contributed by atoms with Crippen molar-refractivity contribution in [2.24, 2.45) is 0 Å². The number of benzene rings is 1. The van der Waals surface area contributed by atoms with E-state index in [0.717, 1.165) is 18.5 Å². The van der Waals surface area contributed by atoms with Crippen molar-refractivity contribution < 1.29 is 4.92 Å². The zero-order valence-electron chi connectivity index (χ0n) is 7.37. The Labute approximate surface area is 86.0 Å². The summed E-state index contributed by atoms with van der Waals surface area (Å²) in [7, 11) is 0. The monoisotopic (exact) mass is 212 g/mol. The fourth-order valence-corrected chi connectivity index (χ4v) is 1.72. The third kappa shape index (κ3) is 1.58. The Morgan fingerprint density at radius 3 is 2.79 bits per heavy atom. The Hall–Kier alpha value is -1.13. The van der Waals surface area contributed by atoms with Gasteiger partial charge >= 0.3 is 0 Å². The molecule has 1 aliphatic heterocycles. The van der Waals surface area contributed by atoms with Gasteiger partial charge in [-0.2, -0.15) is 0 Å². The maximum Gasteiger partial charge on any atom is 0.269 e. The molecule has 4 nitrogen and oxygen atoms in total. The largest absolute Gasteiger partial charge is 0.310 e. The van der Waals surface area contributed by atoms with Crippen LogP contribution in [0, 0.1) is 10.1 Å². The normalized spacial score (nSPS) is 20.2.